The Labute approximate surface area is 197 Å². The second-order valence-corrected chi connectivity index (χ2v) is 8.64. The van der Waals surface area contributed by atoms with Crippen molar-refractivity contribution in [2.45, 2.75) is 44.6 Å². The molecule has 3 aromatic carbocycles. The van der Waals surface area contributed by atoms with Gasteiger partial charge < -0.3 is 4.74 Å². The third-order valence-electron chi connectivity index (χ3n) is 6.26. The van der Waals surface area contributed by atoms with E-state index in [9.17, 15) is 9.18 Å². The molecule has 1 fully saturated rings. The van der Waals surface area contributed by atoms with Crippen LogP contribution in [-0.2, 0) is 6.61 Å². The van der Waals surface area contributed by atoms with Crippen LogP contribution in [0.2, 0.25) is 0 Å². The van der Waals surface area contributed by atoms with Crippen LogP contribution in [0.15, 0.2) is 82.7 Å². The molecule has 0 radical (unpaired) electrons. The molecule has 1 heterocycles. The van der Waals surface area contributed by atoms with Crippen LogP contribution in [0.3, 0.4) is 0 Å². The molecule has 0 unspecified atom stereocenters. The molecule has 1 aromatic heterocycles. The number of hydrogen-bond acceptors (Lipinski definition) is 4. The van der Waals surface area contributed by atoms with Crippen LogP contribution in [-0.4, -0.2) is 15.9 Å². The van der Waals surface area contributed by atoms with E-state index in [-0.39, 0.29) is 23.9 Å². The summed E-state index contributed by atoms with van der Waals surface area (Å²) in [6, 6.07) is 21.2. The Hall–Kier alpha value is -3.80. The highest BCUT2D eigenvalue weighted by atomic mass is 19.1. The summed E-state index contributed by atoms with van der Waals surface area (Å²) in [7, 11) is 0. The normalized spacial score (nSPS) is 14.6. The molecular formula is C28H26FN3O2. The minimum absolute atomic E-state index is 0.166. The molecule has 4 aromatic rings. The molecule has 1 saturated carbocycles. The Bertz CT molecular complexity index is 1390. The molecule has 0 bridgehead atoms. The quantitative estimate of drug-likeness (QED) is 0.333. The highest BCUT2D eigenvalue weighted by Gasteiger charge is 2.22. The number of aromatic nitrogens is 2. The predicted molar refractivity (Wildman–Crippen MR) is 132 cm³/mol. The summed E-state index contributed by atoms with van der Waals surface area (Å²) in [6.07, 6.45) is 7.14. The summed E-state index contributed by atoms with van der Waals surface area (Å²) in [5.41, 5.74) is 2.01. The highest BCUT2D eigenvalue weighted by molar-refractivity contribution is 5.83. The summed E-state index contributed by atoms with van der Waals surface area (Å²) in [5, 5.41) is 5.16. The van der Waals surface area contributed by atoms with Crippen molar-refractivity contribution in [1.29, 1.82) is 0 Å². The topological polar surface area (TPSA) is 56.5 Å². The molecule has 5 rings (SSSR count). The zero-order chi connectivity index (χ0) is 23.3. The molecule has 0 N–H and O–H groups in total. The van der Waals surface area contributed by atoms with Crippen molar-refractivity contribution >= 4 is 17.1 Å². The number of halogens is 1. The van der Waals surface area contributed by atoms with Crippen molar-refractivity contribution in [2.75, 3.05) is 0 Å². The van der Waals surface area contributed by atoms with E-state index in [1.807, 2.05) is 48.5 Å². The molecule has 0 saturated heterocycles. The van der Waals surface area contributed by atoms with Gasteiger partial charge in [-0.25, -0.2) is 9.37 Å². The molecule has 0 atom stereocenters. The van der Waals surface area contributed by atoms with Gasteiger partial charge in [-0.3, -0.25) is 4.79 Å². The monoisotopic (exact) mass is 455 g/mol. The highest BCUT2D eigenvalue weighted by Crippen LogP contribution is 2.31. The largest absolute Gasteiger partial charge is 0.488 e. The Morgan fingerprint density at radius 3 is 2.65 bits per heavy atom. The van der Waals surface area contributed by atoms with Gasteiger partial charge in [0, 0.05) is 11.5 Å². The van der Waals surface area contributed by atoms with E-state index in [2.05, 4.69) is 5.10 Å². The van der Waals surface area contributed by atoms with Crippen LogP contribution in [0.4, 0.5) is 4.39 Å². The number of fused-ring (bicyclic) bond motifs is 1. The summed E-state index contributed by atoms with van der Waals surface area (Å²) in [6.45, 7) is 0.230. The lowest BCUT2D eigenvalue weighted by Gasteiger charge is -2.22. The summed E-state index contributed by atoms with van der Waals surface area (Å²) >= 11 is 0. The SMILES string of the molecule is O=c1c2ccccc2nc(C2CCCCC2)n1N=Cc1ccccc1OCc1cccc(F)c1. The number of rotatable bonds is 6. The molecule has 0 aliphatic heterocycles. The van der Waals surface area contributed by atoms with Crippen molar-refractivity contribution in [1.82, 2.24) is 9.66 Å². The van der Waals surface area contributed by atoms with E-state index in [1.165, 1.54) is 23.2 Å². The van der Waals surface area contributed by atoms with Gasteiger partial charge in [0.2, 0.25) is 0 Å². The molecule has 0 spiro atoms. The maximum atomic E-state index is 13.5. The fourth-order valence-corrected chi connectivity index (χ4v) is 4.50. The van der Waals surface area contributed by atoms with Gasteiger partial charge in [0.15, 0.2) is 0 Å². The van der Waals surface area contributed by atoms with Crippen molar-refractivity contribution in [3.63, 3.8) is 0 Å². The summed E-state index contributed by atoms with van der Waals surface area (Å²) in [5.74, 6) is 1.24. The Morgan fingerprint density at radius 2 is 1.79 bits per heavy atom. The van der Waals surface area contributed by atoms with Gasteiger partial charge >= 0.3 is 0 Å². The van der Waals surface area contributed by atoms with Crippen LogP contribution in [0.25, 0.3) is 10.9 Å². The molecule has 1 aliphatic carbocycles. The molecule has 34 heavy (non-hydrogen) atoms. The minimum Gasteiger partial charge on any atom is -0.488 e. The van der Waals surface area contributed by atoms with E-state index in [0.717, 1.165) is 42.6 Å². The van der Waals surface area contributed by atoms with Crippen LogP contribution in [0.1, 0.15) is 55.0 Å². The Balaban J connectivity index is 1.49. The first-order valence-electron chi connectivity index (χ1n) is 11.7. The van der Waals surface area contributed by atoms with Crippen molar-refractivity contribution in [3.8, 4) is 5.75 Å². The Kier molecular flexibility index (Phi) is 6.47. The standard InChI is InChI=1S/C28H26FN3O2/c29-23-13-8-9-20(17-23)19-34-26-16-7-4-12-22(26)18-30-32-27(21-10-2-1-3-11-21)31-25-15-6-5-14-24(25)28(32)33/h4-9,12-18,21H,1-3,10-11,19H2. The maximum absolute atomic E-state index is 13.5. The molecule has 1 aliphatic rings. The fraction of sp³-hybridized carbons (Fsp3) is 0.250. The maximum Gasteiger partial charge on any atom is 0.282 e. The van der Waals surface area contributed by atoms with Gasteiger partial charge in [0.05, 0.1) is 17.1 Å². The smallest absolute Gasteiger partial charge is 0.282 e. The van der Waals surface area contributed by atoms with Crippen LogP contribution >= 0.6 is 0 Å². The Morgan fingerprint density at radius 1 is 1.00 bits per heavy atom. The molecule has 5 nitrogen and oxygen atoms in total. The second-order valence-electron chi connectivity index (χ2n) is 8.64. The fourth-order valence-electron chi connectivity index (χ4n) is 4.50. The van der Waals surface area contributed by atoms with Crippen molar-refractivity contribution in [2.24, 2.45) is 5.10 Å². The molecule has 6 heteroatoms. The lowest BCUT2D eigenvalue weighted by Crippen LogP contribution is -2.25. The average Bonchev–Trinajstić information content (AvgIpc) is 2.88. The first kappa shape index (κ1) is 22.0. The third kappa shape index (κ3) is 4.76. The molecular weight excluding hydrogens is 429 g/mol. The number of para-hydroxylation sites is 2. The van der Waals surface area contributed by atoms with E-state index < -0.39 is 0 Å². The lowest BCUT2D eigenvalue weighted by atomic mass is 9.88. The third-order valence-corrected chi connectivity index (χ3v) is 6.26. The van der Waals surface area contributed by atoms with Crippen LogP contribution in [0, 0.1) is 5.82 Å². The zero-order valence-corrected chi connectivity index (χ0v) is 18.9. The van der Waals surface area contributed by atoms with E-state index in [4.69, 9.17) is 9.72 Å². The van der Waals surface area contributed by atoms with E-state index >= 15 is 0 Å². The van der Waals surface area contributed by atoms with Gasteiger partial charge in [-0.15, -0.1) is 0 Å². The lowest BCUT2D eigenvalue weighted by molar-refractivity contribution is 0.305. The minimum atomic E-state index is -0.297. The second kappa shape index (κ2) is 10.00. The summed E-state index contributed by atoms with van der Waals surface area (Å²) < 4.78 is 20.9. The van der Waals surface area contributed by atoms with Crippen molar-refractivity contribution in [3.05, 3.63) is 106 Å². The number of hydrogen-bond donors (Lipinski definition) is 0. The zero-order valence-electron chi connectivity index (χ0n) is 18.9. The van der Waals surface area contributed by atoms with E-state index in [1.54, 1.807) is 18.3 Å². The van der Waals surface area contributed by atoms with Crippen LogP contribution < -0.4 is 10.3 Å². The van der Waals surface area contributed by atoms with Gasteiger partial charge in [-0.05, 0) is 54.8 Å². The number of benzene rings is 3. The van der Waals surface area contributed by atoms with Gasteiger partial charge in [-0.1, -0.05) is 55.7 Å². The van der Waals surface area contributed by atoms with Crippen LogP contribution in [0.5, 0.6) is 5.75 Å². The number of ether oxygens (including phenoxy) is 1. The molecule has 172 valence electrons. The van der Waals surface area contributed by atoms with Gasteiger partial charge in [-0.2, -0.15) is 9.78 Å². The first-order valence-corrected chi connectivity index (χ1v) is 11.7. The first-order chi connectivity index (χ1) is 16.7. The average molecular weight is 456 g/mol. The van der Waals surface area contributed by atoms with Gasteiger partial charge in [0.1, 0.15) is 24.0 Å². The summed E-state index contributed by atoms with van der Waals surface area (Å²) in [4.78, 5) is 18.2. The predicted octanol–water partition coefficient (Wildman–Crippen LogP) is 6.04. The van der Waals surface area contributed by atoms with Gasteiger partial charge in [0.25, 0.3) is 5.56 Å². The number of nitrogens with zero attached hydrogens (tertiary/aromatic N) is 3. The van der Waals surface area contributed by atoms with Crippen molar-refractivity contribution < 1.29 is 9.13 Å². The van der Waals surface area contributed by atoms with E-state index in [0.29, 0.717) is 16.7 Å². The molecule has 0 amide bonds.